The third-order valence-electron chi connectivity index (χ3n) is 2.60. The summed E-state index contributed by atoms with van der Waals surface area (Å²) < 4.78 is 5.17. The van der Waals surface area contributed by atoms with E-state index in [9.17, 15) is 9.59 Å². The molecule has 1 aliphatic rings. The van der Waals surface area contributed by atoms with E-state index >= 15 is 0 Å². The summed E-state index contributed by atoms with van der Waals surface area (Å²) in [4.78, 5) is 21.7. The summed E-state index contributed by atoms with van der Waals surface area (Å²) in [5.41, 5.74) is 1.84. The molecule has 0 amide bonds. The first kappa shape index (κ1) is 11.4. The summed E-state index contributed by atoms with van der Waals surface area (Å²) in [6.45, 7) is 0.710. The first-order valence-electron chi connectivity index (χ1n) is 5.41. The maximum atomic E-state index is 11.3. The lowest BCUT2D eigenvalue weighted by molar-refractivity contribution is -0.155. The number of para-hydroxylation sites is 1. The van der Waals surface area contributed by atoms with Gasteiger partial charge < -0.3 is 15.2 Å². The third-order valence-corrected chi connectivity index (χ3v) is 2.60. The van der Waals surface area contributed by atoms with Crippen LogP contribution in [0.5, 0.6) is 0 Å². The highest BCUT2D eigenvalue weighted by Gasteiger charge is 2.23. The second-order valence-corrected chi connectivity index (χ2v) is 3.85. The molecule has 0 spiro atoms. The van der Waals surface area contributed by atoms with Crippen LogP contribution in [-0.2, 0) is 14.3 Å². The Morgan fingerprint density at radius 3 is 2.94 bits per heavy atom. The van der Waals surface area contributed by atoms with Gasteiger partial charge >= 0.3 is 11.9 Å². The smallest absolute Gasteiger partial charge is 0.317 e. The molecule has 0 fully saturated rings. The number of fused-ring (bicyclic) bond motifs is 1. The second kappa shape index (κ2) is 4.86. The summed E-state index contributed by atoms with van der Waals surface area (Å²) in [5, 5.41) is 11.7. The molecule has 0 saturated carbocycles. The summed E-state index contributed by atoms with van der Waals surface area (Å²) in [5.74, 6) is -1.86. The van der Waals surface area contributed by atoms with Gasteiger partial charge in [-0.25, -0.2) is 0 Å². The number of carbonyl (C=O) groups excluding carboxylic acids is 1. The van der Waals surface area contributed by atoms with E-state index in [0.717, 1.165) is 11.3 Å². The monoisotopic (exact) mass is 235 g/mol. The first-order chi connectivity index (χ1) is 8.16. The molecule has 1 aromatic rings. The van der Waals surface area contributed by atoms with Crippen molar-refractivity contribution in [2.24, 2.45) is 0 Å². The summed E-state index contributed by atoms with van der Waals surface area (Å²) in [6.07, 6.45) is -0.284. The molecule has 90 valence electrons. The maximum absolute atomic E-state index is 11.3. The third kappa shape index (κ3) is 2.75. The number of rotatable bonds is 3. The van der Waals surface area contributed by atoms with Gasteiger partial charge in [0.25, 0.3) is 0 Å². The summed E-state index contributed by atoms with van der Waals surface area (Å²) in [7, 11) is 0. The maximum Gasteiger partial charge on any atom is 0.317 e. The lowest BCUT2D eigenvalue weighted by Gasteiger charge is -2.26. The molecule has 0 aliphatic carbocycles. The van der Waals surface area contributed by atoms with E-state index in [1.807, 2.05) is 24.3 Å². The van der Waals surface area contributed by atoms with Crippen LogP contribution >= 0.6 is 0 Å². The Hall–Kier alpha value is -2.04. The number of ether oxygens (including phenoxy) is 1. The van der Waals surface area contributed by atoms with E-state index < -0.39 is 18.4 Å². The normalized spacial score (nSPS) is 17.8. The van der Waals surface area contributed by atoms with Gasteiger partial charge in [0.2, 0.25) is 0 Å². The number of hydrogen-bond acceptors (Lipinski definition) is 4. The molecule has 2 rings (SSSR count). The van der Waals surface area contributed by atoms with Crippen molar-refractivity contribution in [2.45, 2.75) is 18.9 Å². The highest BCUT2D eigenvalue weighted by molar-refractivity contribution is 5.90. The van der Waals surface area contributed by atoms with E-state index in [1.54, 1.807) is 0 Å². The number of esters is 1. The number of carboxylic acid groups (broad SMARTS) is 1. The van der Waals surface area contributed by atoms with Crippen LogP contribution in [0.25, 0.3) is 0 Å². The molecule has 17 heavy (non-hydrogen) atoms. The number of aliphatic carboxylic acids is 1. The summed E-state index contributed by atoms with van der Waals surface area (Å²) >= 11 is 0. The highest BCUT2D eigenvalue weighted by Crippen LogP contribution is 2.32. The van der Waals surface area contributed by atoms with E-state index in [0.29, 0.717) is 13.0 Å². The van der Waals surface area contributed by atoms with Crippen molar-refractivity contribution in [1.82, 2.24) is 0 Å². The minimum atomic E-state index is -1.17. The largest absolute Gasteiger partial charge is 0.481 e. The standard InChI is InChI=1S/C12H13NO4/c14-11(15)7-12(16)17-10-5-6-13-9-4-2-1-3-8(9)10/h1-4,10,13H,5-7H2,(H,14,15). The average molecular weight is 235 g/mol. The Bertz CT molecular complexity index is 444. The van der Waals surface area contributed by atoms with Gasteiger partial charge in [-0.15, -0.1) is 0 Å². The molecular formula is C12H13NO4. The number of carboxylic acids is 1. The number of carbonyl (C=O) groups is 2. The Kier molecular flexibility index (Phi) is 3.27. The number of hydrogen-bond donors (Lipinski definition) is 2. The molecule has 0 aromatic heterocycles. The molecule has 1 aliphatic heterocycles. The average Bonchev–Trinajstić information content (AvgIpc) is 2.28. The zero-order valence-electron chi connectivity index (χ0n) is 9.18. The fraction of sp³-hybridized carbons (Fsp3) is 0.333. The molecule has 5 nitrogen and oxygen atoms in total. The van der Waals surface area contributed by atoms with Gasteiger partial charge in [-0.2, -0.15) is 0 Å². The van der Waals surface area contributed by atoms with E-state index in [2.05, 4.69) is 5.32 Å². The van der Waals surface area contributed by atoms with Crippen molar-refractivity contribution >= 4 is 17.6 Å². The topological polar surface area (TPSA) is 75.6 Å². The van der Waals surface area contributed by atoms with Crippen LogP contribution in [0.1, 0.15) is 24.5 Å². The fourth-order valence-corrected chi connectivity index (χ4v) is 1.88. The Morgan fingerprint density at radius 2 is 2.18 bits per heavy atom. The van der Waals surface area contributed by atoms with Gasteiger partial charge in [0, 0.05) is 24.2 Å². The predicted molar refractivity (Wildman–Crippen MR) is 60.6 cm³/mol. The molecule has 0 bridgehead atoms. The number of benzene rings is 1. The Labute approximate surface area is 98.4 Å². The molecule has 2 N–H and O–H groups in total. The Balaban J connectivity index is 2.08. The SMILES string of the molecule is O=C(O)CC(=O)OC1CCNc2ccccc21. The summed E-state index contributed by atoms with van der Waals surface area (Å²) in [6, 6.07) is 7.55. The molecule has 5 heteroatoms. The van der Waals surface area contributed by atoms with Gasteiger partial charge in [0.15, 0.2) is 0 Å². The van der Waals surface area contributed by atoms with Crippen LogP contribution in [-0.4, -0.2) is 23.6 Å². The van der Waals surface area contributed by atoms with Gasteiger partial charge in [-0.05, 0) is 6.07 Å². The molecule has 1 heterocycles. The van der Waals surface area contributed by atoms with Gasteiger partial charge in [0.05, 0.1) is 0 Å². The van der Waals surface area contributed by atoms with E-state index in [4.69, 9.17) is 9.84 Å². The number of anilines is 1. The van der Waals surface area contributed by atoms with Crippen LogP contribution in [0.3, 0.4) is 0 Å². The number of nitrogens with one attached hydrogen (secondary N) is 1. The van der Waals surface area contributed by atoms with Crippen LogP contribution in [0.15, 0.2) is 24.3 Å². The minimum absolute atomic E-state index is 0.348. The van der Waals surface area contributed by atoms with Gasteiger partial charge in [0.1, 0.15) is 12.5 Å². The molecular weight excluding hydrogens is 222 g/mol. The minimum Gasteiger partial charge on any atom is -0.481 e. The van der Waals surface area contributed by atoms with Gasteiger partial charge in [-0.3, -0.25) is 9.59 Å². The second-order valence-electron chi connectivity index (χ2n) is 3.85. The van der Waals surface area contributed by atoms with E-state index in [1.165, 1.54) is 0 Å². The van der Waals surface area contributed by atoms with Crippen molar-refractivity contribution in [1.29, 1.82) is 0 Å². The zero-order valence-corrected chi connectivity index (χ0v) is 9.18. The molecule has 0 saturated heterocycles. The lowest BCUT2D eigenvalue weighted by Crippen LogP contribution is -2.22. The lowest BCUT2D eigenvalue weighted by atomic mass is 10.0. The van der Waals surface area contributed by atoms with Crippen LogP contribution < -0.4 is 5.32 Å². The predicted octanol–water partition coefficient (Wildman–Crippen LogP) is 1.56. The van der Waals surface area contributed by atoms with Crippen molar-refractivity contribution in [3.63, 3.8) is 0 Å². The van der Waals surface area contributed by atoms with Crippen molar-refractivity contribution in [3.05, 3.63) is 29.8 Å². The van der Waals surface area contributed by atoms with Gasteiger partial charge in [-0.1, -0.05) is 18.2 Å². The fourth-order valence-electron chi connectivity index (χ4n) is 1.88. The van der Waals surface area contributed by atoms with Crippen molar-refractivity contribution in [2.75, 3.05) is 11.9 Å². The Morgan fingerprint density at radius 1 is 1.41 bits per heavy atom. The molecule has 1 aromatic carbocycles. The zero-order chi connectivity index (χ0) is 12.3. The van der Waals surface area contributed by atoms with Crippen molar-refractivity contribution in [3.8, 4) is 0 Å². The molecule has 1 atom stereocenters. The molecule has 1 unspecified atom stereocenters. The first-order valence-corrected chi connectivity index (χ1v) is 5.41. The van der Waals surface area contributed by atoms with Crippen LogP contribution in [0, 0.1) is 0 Å². The highest BCUT2D eigenvalue weighted by atomic mass is 16.5. The molecule has 0 radical (unpaired) electrons. The van der Waals surface area contributed by atoms with Crippen molar-refractivity contribution < 1.29 is 19.4 Å². The van der Waals surface area contributed by atoms with Crippen LogP contribution in [0.2, 0.25) is 0 Å². The van der Waals surface area contributed by atoms with E-state index in [-0.39, 0.29) is 6.10 Å². The quantitative estimate of drug-likeness (QED) is 0.614. The van der Waals surface area contributed by atoms with Crippen LogP contribution in [0.4, 0.5) is 5.69 Å².